The van der Waals surface area contributed by atoms with Crippen molar-refractivity contribution in [1.82, 2.24) is 19.5 Å². The lowest BCUT2D eigenvalue weighted by Crippen LogP contribution is -2.50. The zero-order chi connectivity index (χ0) is 28.5. The van der Waals surface area contributed by atoms with E-state index >= 15 is 0 Å². The number of aliphatic imine (C=N–C) groups is 1. The maximum absolute atomic E-state index is 13.2. The number of carbonyl (C=O) groups is 2. The summed E-state index contributed by atoms with van der Waals surface area (Å²) in [5.41, 5.74) is 4.14. The van der Waals surface area contributed by atoms with Crippen molar-refractivity contribution in [3.63, 3.8) is 0 Å². The Morgan fingerprint density at radius 2 is 1.75 bits per heavy atom. The van der Waals surface area contributed by atoms with Gasteiger partial charge in [0, 0.05) is 56.3 Å². The molecular weight excluding hydrogens is 526 g/mol. The fourth-order valence-corrected chi connectivity index (χ4v) is 6.72. The first-order valence-corrected chi connectivity index (χ1v) is 14.9. The second-order valence-electron chi connectivity index (χ2n) is 10.6. The van der Waals surface area contributed by atoms with Crippen molar-refractivity contribution in [2.24, 2.45) is 4.99 Å². The monoisotopic (exact) mass is 559 g/mol. The summed E-state index contributed by atoms with van der Waals surface area (Å²) in [4.78, 5) is 35.8. The van der Waals surface area contributed by atoms with Crippen LogP contribution in [-0.2, 0) is 21.2 Å². The number of rotatable bonds is 7. The molecule has 0 aliphatic carbocycles. The Labute approximate surface area is 235 Å². The highest BCUT2D eigenvalue weighted by Gasteiger charge is 2.47. The van der Waals surface area contributed by atoms with Gasteiger partial charge in [-0.15, -0.1) is 0 Å². The number of amidine groups is 1. The maximum atomic E-state index is 13.2. The average molecular weight is 560 g/mol. The third-order valence-corrected chi connectivity index (χ3v) is 9.55. The van der Waals surface area contributed by atoms with Gasteiger partial charge in [-0.1, -0.05) is 30.3 Å². The molecule has 5 rings (SSSR count). The van der Waals surface area contributed by atoms with Crippen LogP contribution in [-0.4, -0.2) is 78.7 Å². The van der Waals surface area contributed by atoms with Gasteiger partial charge in [0.25, 0.3) is 11.8 Å². The Morgan fingerprint density at radius 1 is 1.02 bits per heavy atom. The third-order valence-electron chi connectivity index (χ3n) is 7.68. The molecule has 0 atom stereocenters. The molecule has 3 aromatic rings. The molecule has 2 aliphatic heterocycles. The number of nitrogens with one attached hydrogen (secondary N) is 1. The van der Waals surface area contributed by atoms with Crippen LogP contribution in [0.1, 0.15) is 39.9 Å². The van der Waals surface area contributed by atoms with Gasteiger partial charge in [0.15, 0.2) is 0 Å². The van der Waals surface area contributed by atoms with Crippen LogP contribution < -0.4 is 5.32 Å². The number of piperidine rings is 1. The molecule has 0 unspecified atom stereocenters. The molecular formula is C30H33N5O4S. The van der Waals surface area contributed by atoms with Crippen LogP contribution in [0.4, 0.5) is 0 Å². The van der Waals surface area contributed by atoms with E-state index in [1.807, 2.05) is 49.4 Å². The minimum Gasteiger partial charge on any atom is -0.345 e. The molecule has 208 valence electrons. The fraction of sp³-hybridized carbons (Fsp3) is 0.333. The van der Waals surface area contributed by atoms with Crippen LogP contribution >= 0.6 is 0 Å². The smallest absolute Gasteiger partial charge is 0.253 e. The number of nitrogens with zero attached hydrogens (tertiary/aromatic N) is 4. The minimum absolute atomic E-state index is 0.0380. The standard InChI is InChI=1S/C30H33N5O4S/c1-21-18-25(28(36)34(2)3)10-9-22(21)11-17-40(38,39)35-15-12-30(13-16-35)29(37)32-27(33-30)24-7-4-6-23(19-24)26-8-5-14-31-20-26/h4-10,14,18-20H,11-13,15-17H2,1-3H3,(H,32,33,37). The van der Waals surface area contributed by atoms with Crippen molar-refractivity contribution in [2.75, 3.05) is 32.9 Å². The lowest BCUT2D eigenvalue weighted by Gasteiger charge is -2.34. The first kappa shape index (κ1) is 27.7. The summed E-state index contributed by atoms with van der Waals surface area (Å²) in [5, 5.41) is 2.94. The van der Waals surface area contributed by atoms with Gasteiger partial charge in [-0.05, 0) is 67.1 Å². The van der Waals surface area contributed by atoms with E-state index in [1.54, 1.807) is 38.6 Å². The summed E-state index contributed by atoms with van der Waals surface area (Å²) in [7, 11) is -0.136. The fourth-order valence-electron chi connectivity index (χ4n) is 5.24. The lowest BCUT2D eigenvalue weighted by atomic mass is 9.89. The Hall–Kier alpha value is -3.89. The molecule has 2 amide bonds. The second-order valence-corrected chi connectivity index (χ2v) is 12.7. The largest absolute Gasteiger partial charge is 0.345 e. The predicted molar refractivity (Wildman–Crippen MR) is 155 cm³/mol. The van der Waals surface area contributed by atoms with Gasteiger partial charge < -0.3 is 10.2 Å². The summed E-state index contributed by atoms with van der Waals surface area (Å²) in [6.45, 7) is 2.36. The van der Waals surface area contributed by atoms with Gasteiger partial charge in [0.2, 0.25) is 10.0 Å². The molecule has 9 nitrogen and oxygen atoms in total. The molecule has 2 aliphatic rings. The van der Waals surface area contributed by atoms with E-state index in [4.69, 9.17) is 4.99 Å². The van der Waals surface area contributed by atoms with E-state index in [2.05, 4.69) is 10.3 Å². The van der Waals surface area contributed by atoms with E-state index < -0.39 is 15.6 Å². The van der Waals surface area contributed by atoms with Crippen molar-refractivity contribution in [2.45, 2.75) is 31.7 Å². The lowest BCUT2D eigenvalue weighted by molar-refractivity contribution is -0.124. The highest BCUT2D eigenvalue weighted by atomic mass is 32.2. The molecule has 0 saturated carbocycles. The normalized spacial score (nSPS) is 17.0. The van der Waals surface area contributed by atoms with Crippen LogP contribution in [0.5, 0.6) is 0 Å². The number of hydrogen-bond donors (Lipinski definition) is 1. The maximum Gasteiger partial charge on any atom is 0.253 e. The highest BCUT2D eigenvalue weighted by Crippen LogP contribution is 2.33. The van der Waals surface area contributed by atoms with E-state index in [-0.39, 0.29) is 30.7 Å². The van der Waals surface area contributed by atoms with Crippen LogP contribution in [0.15, 0.2) is 72.0 Å². The van der Waals surface area contributed by atoms with Gasteiger partial charge in [-0.3, -0.25) is 19.6 Å². The van der Waals surface area contributed by atoms with E-state index in [0.717, 1.165) is 27.8 Å². The van der Waals surface area contributed by atoms with Crippen molar-refractivity contribution in [1.29, 1.82) is 0 Å². The third kappa shape index (κ3) is 5.55. The van der Waals surface area contributed by atoms with Crippen LogP contribution in [0.2, 0.25) is 0 Å². The van der Waals surface area contributed by atoms with Gasteiger partial charge in [0.1, 0.15) is 11.4 Å². The average Bonchev–Trinajstić information content (AvgIpc) is 3.27. The number of amides is 2. The van der Waals surface area contributed by atoms with Crippen LogP contribution in [0.25, 0.3) is 11.1 Å². The molecule has 10 heteroatoms. The van der Waals surface area contributed by atoms with E-state index in [9.17, 15) is 18.0 Å². The number of hydrogen-bond acceptors (Lipinski definition) is 6. The minimum atomic E-state index is -3.53. The topological polar surface area (TPSA) is 112 Å². The number of sulfonamides is 1. The number of pyridine rings is 1. The Balaban J connectivity index is 1.24. The molecule has 1 saturated heterocycles. The zero-order valence-corrected chi connectivity index (χ0v) is 23.7. The van der Waals surface area contributed by atoms with Crippen molar-refractivity contribution >= 4 is 27.7 Å². The van der Waals surface area contributed by atoms with Crippen molar-refractivity contribution in [3.8, 4) is 11.1 Å². The molecule has 0 radical (unpaired) electrons. The van der Waals surface area contributed by atoms with Crippen molar-refractivity contribution < 1.29 is 18.0 Å². The number of aryl methyl sites for hydroxylation is 2. The SMILES string of the molecule is Cc1cc(C(=O)N(C)C)ccc1CCS(=O)(=O)N1CCC2(CC1)N=C(c1cccc(-c3cccnc3)c1)NC2=O. The molecule has 3 heterocycles. The molecule has 2 aromatic carbocycles. The van der Waals surface area contributed by atoms with Crippen LogP contribution in [0, 0.1) is 6.92 Å². The van der Waals surface area contributed by atoms with Gasteiger partial charge >= 0.3 is 0 Å². The summed E-state index contributed by atoms with van der Waals surface area (Å²) in [5.74, 6) is 0.199. The summed E-state index contributed by atoms with van der Waals surface area (Å²) < 4.78 is 27.9. The molecule has 1 fully saturated rings. The number of benzene rings is 2. The zero-order valence-electron chi connectivity index (χ0n) is 22.9. The van der Waals surface area contributed by atoms with E-state index in [1.165, 1.54) is 9.21 Å². The van der Waals surface area contributed by atoms with Crippen molar-refractivity contribution in [3.05, 3.63) is 89.2 Å². The molecule has 1 spiro atoms. The first-order valence-electron chi connectivity index (χ1n) is 13.3. The van der Waals surface area contributed by atoms with Gasteiger partial charge in [-0.25, -0.2) is 12.7 Å². The predicted octanol–water partition coefficient (Wildman–Crippen LogP) is 3.04. The highest BCUT2D eigenvalue weighted by molar-refractivity contribution is 7.89. The number of carbonyl (C=O) groups excluding carboxylic acids is 2. The Kier molecular flexibility index (Phi) is 7.57. The molecule has 40 heavy (non-hydrogen) atoms. The molecule has 1 N–H and O–H groups in total. The quantitative estimate of drug-likeness (QED) is 0.478. The van der Waals surface area contributed by atoms with Gasteiger partial charge in [0.05, 0.1) is 5.75 Å². The van der Waals surface area contributed by atoms with E-state index in [0.29, 0.717) is 30.7 Å². The Bertz CT molecular complexity index is 1580. The Morgan fingerprint density at radius 3 is 2.42 bits per heavy atom. The first-order chi connectivity index (χ1) is 19.1. The summed E-state index contributed by atoms with van der Waals surface area (Å²) in [6.07, 6.45) is 4.50. The van der Waals surface area contributed by atoms with Crippen LogP contribution in [0.3, 0.4) is 0 Å². The number of aromatic nitrogens is 1. The summed E-state index contributed by atoms with van der Waals surface area (Å²) in [6, 6.07) is 17.0. The molecule has 1 aromatic heterocycles. The molecule has 0 bridgehead atoms. The second kappa shape index (κ2) is 10.9. The van der Waals surface area contributed by atoms with Gasteiger partial charge in [-0.2, -0.15) is 0 Å². The summed E-state index contributed by atoms with van der Waals surface area (Å²) >= 11 is 0.